The first-order valence-corrected chi connectivity index (χ1v) is 8.67. The number of ether oxygens (including phenoxy) is 1. The van der Waals surface area contributed by atoms with Gasteiger partial charge in [0.25, 0.3) is 0 Å². The van der Waals surface area contributed by atoms with E-state index in [0.29, 0.717) is 11.3 Å². The van der Waals surface area contributed by atoms with Crippen molar-refractivity contribution >= 4 is 41.2 Å². The van der Waals surface area contributed by atoms with Crippen LogP contribution < -0.4 is 10.6 Å². The van der Waals surface area contributed by atoms with Gasteiger partial charge < -0.3 is 20.5 Å². The minimum Gasteiger partial charge on any atom is -0.480 e. The number of benzene rings is 1. The van der Waals surface area contributed by atoms with Gasteiger partial charge in [-0.25, -0.2) is 9.59 Å². The Morgan fingerprint density at radius 1 is 1.32 bits per heavy atom. The third-order valence-electron chi connectivity index (χ3n) is 3.42. The first-order valence-electron chi connectivity index (χ1n) is 7.62. The predicted molar refractivity (Wildman–Crippen MR) is 91.5 cm³/mol. The fourth-order valence-electron chi connectivity index (χ4n) is 2.16. The molecule has 0 unspecified atom stereocenters. The number of rotatable bonds is 6. The Morgan fingerprint density at radius 2 is 2.00 bits per heavy atom. The van der Waals surface area contributed by atoms with E-state index < -0.39 is 29.1 Å². The van der Waals surface area contributed by atoms with Crippen LogP contribution >= 0.6 is 11.8 Å². The Hall–Kier alpha value is -2.55. The zero-order valence-electron chi connectivity index (χ0n) is 13.5. The van der Waals surface area contributed by atoms with E-state index in [2.05, 4.69) is 10.6 Å². The van der Waals surface area contributed by atoms with Gasteiger partial charge in [-0.1, -0.05) is 0 Å². The van der Waals surface area contributed by atoms with Crippen molar-refractivity contribution in [3.63, 3.8) is 0 Å². The van der Waals surface area contributed by atoms with Gasteiger partial charge in [-0.2, -0.15) is 0 Å². The normalized spacial score (nSPS) is 19.6. The molecule has 0 aliphatic carbocycles. The molecule has 134 valence electrons. The quantitative estimate of drug-likeness (QED) is 0.639. The Morgan fingerprint density at radius 3 is 2.56 bits per heavy atom. The molecule has 1 aromatic rings. The molecule has 0 spiro atoms. The first-order chi connectivity index (χ1) is 11.9. The monoisotopic (exact) mass is 366 g/mol. The lowest BCUT2D eigenvalue weighted by Gasteiger charge is -2.25. The van der Waals surface area contributed by atoms with Crippen LogP contribution in [0.2, 0.25) is 0 Å². The highest BCUT2D eigenvalue weighted by atomic mass is 32.2. The highest BCUT2D eigenvalue weighted by Crippen LogP contribution is 2.22. The summed E-state index contributed by atoms with van der Waals surface area (Å²) < 4.78 is 4.87. The summed E-state index contributed by atoms with van der Waals surface area (Å²) in [5.74, 6) is -2.15. The summed E-state index contributed by atoms with van der Waals surface area (Å²) in [5.41, 5.74) is 0.865. The first kappa shape index (κ1) is 18.8. The van der Waals surface area contributed by atoms with Crippen LogP contribution in [-0.2, 0) is 19.1 Å². The summed E-state index contributed by atoms with van der Waals surface area (Å²) >= 11 is 1.14. The van der Waals surface area contributed by atoms with Crippen molar-refractivity contribution < 1.29 is 29.0 Å². The van der Waals surface area contributed by atoms with E-state index in [1.165, 1.54) is 12.1 Å². The third-order valence-corrected chi connectivity index (χ3v) is 4.73. The van der Waals surface area contributed by atoms with E-state index in [1.54, 1.807) is 19.1 Å². The van der Waals surface area contributed by atoms with E-state index in [0.717, 1.165) is 11.8 Å². The number of esters is 1. The number of carboxylic acids is 1. The molecule has 1 saturated heterocycles. The zero-order chi connectivity index (χ0) is 18.4. The number of hydrogen-bond acceptors (Lipinski definition) is 6. The van der Waals surface area contributed by atoms with Crippen LogP contribution in [0.5, 0.6) is 0 Å². The summed E-state index contributed by atoms with van der Waals surface area (Å²) in [6, 6.07) is 5.28. The summed E-state index contributed by atoms with van der Waals surface area (Å²) in [7, 11) is 0. The number of carbonyl (C=O) groups excluding carboxylic acids is 3. The van der Waals surface area contributed by atoms with Crippen LogP contribution in [0.15, 0.2) is 24.3 Å². The van der Waals surface area contributed by atoms with E-state index >= 15 is 0 Å². The fourth-order valence-corrected chi connectivity index (χ4v) is 3.30. The molecular weight excluding hydrogens is 348 g/mol. The number of anilines is 1. The maximum absolute atomic E-state index is 12.1. The van der Waals surface area contributed by atoms with E-state index in [4.69, 9.17) is 9.84 Å². The highest BCUT2D eigenvalue weighted by Gasteiger charge is 2.33. The number of aliphatic carboxylic acids is 1. The van der Waals surface area contributed by atoms with Crippen molar-refractivity contribution in [1.82, 2.24) is 5.32 Å². The number of hydrogen-bond donors (Lipinski definition) is 3. The maximum atomic E-state index is 12.1. The molecule has 1 aliphatic heterocycles. The number of carbonyl (C=O) groups is 4. The maximum Gasteiger partial charge on any atom is 0.338 e. The Labute approximate surface area is 148 Å². The van der Waals surface area contributed by atoms with Crippen molar-refractivity contribution in [2.45, 2.75) is 24.6 Å². The predicted octanol–water partition coefficient (Wildman–Crippen LogP) is 0.877. The Balaban J connectivity index is 1.87. The van der Waals surface area contributed by atoms with Gasteiger partial charge in [0.05, 0.1) is 17.4 Å². The Kier molecular flexibility index (Phi) is 6.40. The van der Waals surface area contributed by atoms with Gasteiger partial charge >= 0.3 is 11.9 Å². The topological polar surface area (TPSA) is 122 Å². The lowest BCUT2D eigenvalue weighted by atomic mass is 10.2. The molecular formula is C16H18N2O6S. The molecule has 8 nitrogen and oxygen atoms in total. The SMILES string of the molecule is CCOC(=O)c1ccc(NC(=O)C[C@@H]2SC[C@H](C(=O)O)NC2=O)cc1. The number of nitrogens with one attached hydrogen (secondary N) is 2. The molecule has 1 heterocycles. The minimum atomic E-state index is -1.09. The molecule has 2 amide bonds. The van der Waals surface area contributed by atoms with Crippen LogP contribution in [0.4, 0.5) is 5.69 Å². The van der Waals surface area contributed by atoms with Crippen LogP contribution in [0.3, 0.4) is 0 Å². The molecule has 2 atom stereocenters. The van der Waals surface area contributed by atoms with Gasteiger partial charge in [0, 0.05) is 17.9 Å². The van der Waals surface area contributed by atoms with Crippen molar-refractivity contribution in [2.75, 3.05) is 17.7 Å². The second-order valence-electron chi connectivity index (χ2n) is 5.27. The molecule has 1 aliphatic rings. The Bertz CT molecular complexity index is 676. The molecule has 0 radical (unpaired) electrons. The molecule has 1 aromatic carbocycles. The molecule has 3 N–H and O–H groups in total. The van der Waals surface area contributed by atoms with Crippen LogP contribution in [0.1, 0.15) is 23.7 Å². The van der Waals surface area contributed by atoms with E-state index in [-0.39, 0.29) is 24.7 Å². The molecule has 9 heteroatoms. The lowest BCUT2D eigenvalue weighted by molar-refractivity contribution is -0.141. The van der Waals surface area contributed by atoms with Crippen molar-refractivity contribution in [2.24, 2.45) is 0 Å². The molecule has 0 bridgehead atoms. The van der Waals surface area contributed by atoms with Gasteiger partial charge in [-0.05, 0) is 31.2 Å². The molecule has 2 rings (SSSR count). The zero-order valence-corrected chi connectivity index (χ0v) is 14.3. The average molecular weight is 366 g/mol. The van der Waals surface area contributed by atoms with E-state index in [9.17, 15) is 19.2 Å². The second-order valence-corrected chi connectivity index (χ2v) is 6.51. The largest absolute Gasteiger partial charge is 0.480 e. The van der Waals surface area contributed by atoms with Crippen molar-refractivity contribution in [3.05, 3.63) is 29.8 Å². The van der Waals surface area contributed by atoms with Crippen molar-refractivity contribution in [3.8, 4) is 0 Å². The van der Waals surface area contributed by atoms with Gasteiger partial charge in [-0.15, -0.1) is 11.8 Å². The van der Waals surface area contributed by atoms with Crippen LogP contribution in [0.25, 0.3) is 0 Å². The smallest absolute Gasteiger partial charge is 0.338 e. The van der Waals surface area contributed by atoms with Crippen LogP contribution in [0, 0.1) is 0 Å². The summed E-state index contributed by atoms with van der Waals surface area (Å²) in [5, 5.41) is 13.3. The van der Waals surface area contributed by atoms with Crippen LogP contribution in [-0.4, -0.2) is 52.5 Å². The molecule has 0 aromatic heterocycles. The van der Waals surface area contributed by atoms with E-state index in [1.807, 2.05) is 0 Å². The molecule has 1 fully saturated rings. The minimum absolute atomic E-state index is 0.0670. The van der Waals surface area contributed by atoms with Gasteiger partial charge in [0.2, 0.25) is 11.8 Å². The van der Waals surface area contributed by atoms with Gasteiger partial charge in [0.15, 0.2) is 0 Å². The lowest BCUT2D eigenvalue weighted by Crippen LogP contribution is -2.51. The van der Waals surface area contributed by atoms with Gasteiger partial charge in [0.1, 0.15) is 6.04 Å². The van der Waals surface area contributed by atoms with Crippen molar-refractivity contribution in [1.29, 1.82) is 0 Å². The van der Waals surface area contributed by atoms with Gasteiger partial charge in [-0.3, -0.25) is 9.59 Å². The highest BCUT2D eigenvalue weighted by molar-refractivity contribution is 8.00. The molecule has 25 heavy (non-hydrogen) atoms. The number of carboxylic acid groups (broad SMARTS) is 1. The summed E-state index contributed by atoms with van der Waals surface area (Å²) in [6.45, 7) is 1.99. The fraction of sp³-hybridized carbons (Fsp3) is 0.375. The standard InChI is InChI=1S/C16H18N2O6S/c1-2-24-16(23)9-3-5-10(6-4-9)17-13(19)7-12-14(20)18-11(8-25-12)15(21)22/h3-6,11-12H,2,7-8H2,1H3,(H,17,19)(H,18,20)(H,21,22)/t11-,12+/m1/s1. The molecule has 0 saturated carbocycles. The number of amides is 2. The number of thioether (sulfide) groups is 1. The second kappa shape index (κ2) is 8.52. The summed E-state index contributed by atoms with van der Waals surface area (Å²) in [4.78, 5) is 46.3. The average Bonchev–Trinajstić information content (AvgIpc) is 2.57. The summed E-state index contributed by atoms with van der Waals surface area (Å²) in [6.07, 6.45) is -0.0670. The third kappa shape index (κ3) is 5.21.